The van der Waals surface area contributed by atoms with Crippen LogP contribution < -0.4 is 5.32 Å². The number of carbonyl (C=O) groups is 2. The number of amides is 1. The smallest absolute Gasteiger partial charge is 0.336 e. The minimum absolute atomic E-state index is 0.142. The van der Waals surface area contributed by atoms with Gasteiger partial charge in [0, 0.05) is 17.7 Å². The van der Waals surface area contributed by atoms with Crippen molar-refractivity contribution in [2.24, 2.45) is 0 Å². The molecular weight excluding hydrogens is 340 g/mol. The lowest BCUT2D eigenvalue weighted by Gasteiger charge is -2.22. The highest BCUT2D eigenvalue weighted by Gasteiger charge is 2.29. The number of aliphatic hydroxyl groups is 1. The van der Waals surface area contributed by atoms with Crippen molar-refractivity contribution in [2.75, 3.05) is 7.11 Å². The van der Waals surface area contributed by atoms with Crippen molar-refractivity contribution in [1.29, 1.82) is 0 Å². The Bertz CT molecular complexity index is 776. The Morgan fingerprint density at radius 3 is 2.31 bits per heavy atom. The van der Waals surface area contributed by atoms with Gasteiger partial charge in [-0.25, -0.2) is 4.79 Å². The highest BCUT2D eigenvalue weighted by Crippen LogP contribution is 2.13. The number of carbonyl (C=O) groups excluding carboxylic acids is 2. The first kappa shape index (κ1) is 19.1. The molecule has 0 aliphatic rings. The molecule has 0 aliphatic heterocycles. The fourth-order valence-corrected chi connectivity index (χ4v) is 2.38. The van der Waals surface area contributed by atoms with E-state index in [0.29, 0.717) is 0 Å². The number of hydrogen-bond donors (Lipinski definition) is 2. The summed E-state index contributed by atoms with van der Waals surface area (Å²) >= 11 is 0. The van der Waals surface area contributed by atoms with Gasteiger partial charge in [0.25, 0.3) is 11.6 Å². The van der Waals surface area contributed by atoms with Crippen LogP contribution in [0.3, 0.4) is 0 Å². The number of non-ortho nitro benzene ring substituents is 1. The van der Waals surface area contributed by atoms with Gasteiger partial charge in [0.1, 0.15) is 0 Å². The first-order valence-corrected chi connectivity index (χ1v) is 7.77. The van der Waals surface area contributed by atoms with Crippen LogP contribution in [0.4, 0.5) is 5.69 Å². The number of hydrogen-bond acceptors (Lipinski definition) is 6. The summed E-state index contributed by atoms with van der Waals surface area (Å²) in [5, 5.41) is 23.4. The highest BCUT2D eigenvalue weighted by molar-refractivity contribution is 5.95. The van der Waals surface area contributed by atoms with E-state index in [2.05, 4.69) is 10.1 Å². The molecule has 0 fully saturated rings. The number of nitrogens with zero attached hydrogens (tertiary/aromatic N) is 1. The molecule has 0 aromatic heterocycles. The quantitative estimate of drug-likeness (QED) is 0.439. The van der Waals surface area contributed by atoms with Crippen LogP contribution in [0.15, 0.2) is 54.6 Å². The van der Waals surface area contributed by atoms with Crippen molar-refractivity contribution in [3.05, 3.63) is 75.8 Å². The zero-order chi connectivity index (χ0) is 19.1. The number of nitro groups is 1. The minimum atomic E-state index is -1.55. The summed E-state index contributed by atoms with van der Waals surface area (Å²) in [7, 11) is 1.14. The number of nitrogens with one attached hydrogen (secondary N) is 1. The second-order valence-electron chi connectivity index (χ2n) is 5.54. The number of aliphatic hydroxyl groups excluding tert-OH is 1. The van der Waals surface area contributed by atoms with Crippen molar-refractivity contribution in [2.45, 2.75) is 18.6 Å². The van der Waals surface area contributed by atoms with Crippen molar-refractivity contribution < 1.29 is 24.4 Å². The van der Waals surface area contributed by atoms with Crippen molar-refractivity contribution in [1.82, 2.24) is 5.32 Å². The van der Waals surface area contributed by atoms with Crippen molar-refractivity contribution >= 4 is 17.6 Å². The van der Waals surface area contributed by atoms with E-state index in [9.17, 15) is 24.8 Å². The number of benzene rings is 2. The molecule has 0 spiro atoms. The van der Waals surface area contributed by atoms with Gasteiger partial charge in [-0.05, 0) is 24.1 Å². The van der Waals surface area contributed by atoms with Crippen LogP contribution in [-0.4, -0.2) is 41.2 Å². The van der Waals surface area contributed by atoms with E-state index >= 15 is 0 Å². The van der Waals surface area contributed by atoms with E-state index in [-0.39, 0.29) is 17.7 Å². The van der Waals surface area contributed by atoms with Gasteiger partial charge in [-0.2, -0.15) is 0 Å². The maximum atomic E-state index is 12.4. The van der Waals surface area contributed by atoms with Crippen LogP contribution in [0.1, 0.15) is 15.9 Å². The molecule has 2 rings (SSSR count). The molecule has 8 heteroatoms. The van der Waals surface area contributed by atoms with Gasteiger partial charge in [0.15, 0.2) is 6.10 Å². The lowest BCUT2D eigenvalue weighted by molar-refractivity contribution is -0.384. The molecule has 2 atom stereocenters. The molecule has 2 aromatic rings. The zero-order valence-corrected chi connectivity index (χ0v) is 14.0. The average molecular weight is 358 g/mol. The standard InChI is InChI=1S/C18H18N2O6/c1-26-18(23)16(21)15(11-12-5-3-2-4-6-12)19-17(22)13-7-9-14(10-8-13)20(24)25/h2-10,15-16,21H,11H2,1H3,(H,19,22)/t15-,16+/m0/s1. The Hall–Kier alpha value is -3.26. The average Bonchev–Trinajstić information content (AvgIpc) is 2.67. The fraction of sp³-hybridized carbons (Fsp3) is 0.222. The molecule has 0 heterocycles. The number of rotatable bonds is 7. The van der Waals surface area contributed by atoms with Gasteiger partial charge in [-0.1, -0.05) is 30.3 Å². The molecule has 0 bridgehead atoms. The summed E-state index contributed by atoms with van der Waals surface area (Å²) in [5.74, 6) is -1.43. The van der Waals surface area contributed by atoms with Gasteiger partial charge >= 0.3 is 5.97 Å². The lowest BCUT2D eigenvalue weighted by Crippen LogP contribution is -2.48. The third-order valence-corrected chi connectivity index (χ3v) is 3.78. The lowest BCUT2D eigenvalue weighted by atomic mass is 10.0. The highest BCUT2D eigenvalue weighted by atomic mass is 16.6. The number of ether oxygens (including phenoxy) is 1. The van der Waals surface area contributed by atoms with Crippen LogP contribution in [0.5, 0.6) is 0 Å². The van der Waals surface area contributed by atoms with E-state index in [1.807, 2.05) is 6.07 Å². The summed E-state index contributed by atoms with van der Waals surface area (Å²) in [5.41, 5.74) is 0.840. The first-order chi connectivity index (χ1) is 12.4. The maximum absolute atomic E-state index is 12.4. The molecule has 2 N–H and O–H groups in total. The number of nitro benzene ring substituents is 1. The molecular formula is C18H18N2O6. The van der Waals surface area contributed by atoms with Gasteiger partial charge < -0.3 is 15.2 Å². The predicted octanol–water partition coefficient (Wildman–Crippen LogP) is 1.47. The molecule has 0 saturated heterocycles. The largest absolute Gasteiger partial charge is 0.467 e. The molecule has 8 nitrogen and oxygen atoms in total. The Labute approximate surface area is 149 Å². The Balaban J connectivity index is 2.17. The summed E-state index contributed by atoms with van der Waals surface area (Å²) in [6.45, 7) is 0. The molecule has 0 aliphatic carbocycles. The number of esters is 1. The van der Waals surface area contributed by atoms with Gasteiger partial charge in [-0.3, -0.25) is 14.9 Å². The molecule has 0 radical (unpaired) electrons. The van der Waals surface area contributed by atoms with Gasteiger partial charge in [-0.15, -0.1) is 0 Å². The third-order valence-electron chi connectivity index (χ3n) is 3.78. The Kier molecular flexibility index (Phi) is 6.40. The normalized spacial score (nSPS) is 12.7. The Morgan fingerprint density at radius 1 is 1.15 bits per heavy atom. The molecule has 2 aromatic carbocycles. The van der Waals surface area contributed by atoms with E-state index in [1.54, 1.807) is 24.3 Å². The molecule has 26 heavy (non-hydrogen) atoms. The van der Waals surface area contributed by atoms with E-state index in [0.717, 1.165) is 12.7 Å². The maximum Gasteiger partial charge on any atom is 0.336 e. The van der Waals surface area contributed by atoms with Crippen LogP contribution in [-0.2, 0) is 16.0 Å². The fourth-order valence-electron chi connectivity index (χ4n) is 2.38. The second kappa shape index (κ2) is 8.72. The van der Waals surface area contributed by atoms with Crippen LogP contribution in [0, 0.1) is 10.1 Å². The number of methoxy groups -OCH3 is 1. The topological polar surface area (TPSA) is 119 Å². The summed E-state index contributed by atoms with van der Waals surface area (Å²) < 4.78 is 4.54. The van der Waals surface area contributed by atoms with Crippen LogP contribution in [0.25, 0.3) is 0 Å². The molecule has 1 amide bonds. The summed E-state index contributed by atoms with van der Waals surface area (Å²) in [4.78, 5) is 34.2. The monoisotopic (exact) mass is 358 g/mol. The van der Waals surface area contributed by atoms with E-state index in [4.69, 9.17) is 0 Å². The Morgan fingerprint density at radius 2 is 1.77 bits per heavy atom. The van der Waals surface area contributed by atoms with E-state index < -0.39 is 28.9 Å². The first-order valence-electron chi connectivity index (χ1n) is 7.77. The third kappa shape index (κ3) is 4.87. The zero-order valence-electron chi connectivity index (χ0n) is 14.0. The van der Waals surface area contributed by atoms with Crippen molar-refractivity contribution in [3.8, 4) is 0 Å². The van der Waals surface area contributed by atoms with Crippen molar-refractivity contribution in [3.63, 3.8) is 0 Å². The molecule has 0 unspecified atom stereocenters. The molecule has 0 saturated carbocycles. The minimum Gasteiger partial charge on any atom is -0.467 e. The van der Waals surface area contributed by atoms with E-state index in [1.165, 1.54) is 24.3 Å². The van der Waals surface area contributed by atoms with Crippen LogP contribution >= 0.6 is 0 Å². The SMILES string of the molecule is COC(=O)[C@H](O)[C@H](Cc1ccccc1)NC(=O)c1ccc([N+](=O)[O-])cc1. The van der Waals surface area contributed by atoms with Gasteiger partial charge in [0.05, 0.1) is 18.1 Å². The van der Waals surface area contributed by atoms with Crippen LogP contribution in [0.2, 0.25) is 0 Å². The molecule has 136 valence electrons. The van der Waals surface area contributed by atoms with Gasteiger partial charge in [0.2, 0.25) is 0 Å². The predicted molar refractivity (Wildman–Crippen MR) is 92.5 cm³/mol. The summed E-state index contributed by atoms with van der Waals surface area (Å²) in [6.07, 6.45) is -1.35. The summed E-state index contributed by atoms with van der Waals surface area (Å²) in [6, 6.07) is 13.1. The second-order valence-corrected chi connectivity index (χ2v) is 5.54.